The van der Waals surface area contributed by atoms with Gasteiger partial charge in [-0.2, -0.15) is 0 Å². The lowest BCUT2D eigenvalue weighted by Gasteiger charge is -2.38. The van der Waals surface area contributed by atoms with Gasteiger partial charge in [0.2, 0.25) is 0 Å². The number of piperidine rings is 1. The number of urea groups is 1. The van der Waals surface area contributed by atoms with Crippen LogP contribution in [0.3, 0.4) is 0 Å². The molecule has 0 radical (unpaired) electrons. The number of amides is 2. The molecule has 2 amide bonds. The molecule has 1 aliphatic rings. The van der Waals surface area contributed by atoms with Crippen molar-refractivity contribution in [1.82, 2.24) is 14.7 Å². The Labute approximate surface area is 115 Å². The Morgan fingerprint density at radius 2 is 1.79 bits per heavy atom. The van der Waals surface area contributed by atoms with Crippen LogP contribution in [-0.4, -0.2) is 78.6 Å². The van der Waals surface area contributed by atoms with Gasteiger partial charge in [0, 0.05) is 39.8 Å². The van der Waals surface area contributed by atoms with Gasteiger partial charge >= 0.3 is 12.0 Å². The first-order chi connectivity index (χ1) is 8.82. The Bertz CT molecular complexity index is 325. The Morgan fingerprint density at radius 3 is 2.21 bits per heavy atom. The van der Waals surface area contributed by atoms with Crippen molar-refractivity contribution < 1.29 is 14.7 Å². The fourth-order valence-electron chi connectivity index (χ4n) is 2.44. The number of aliphatic carboxylic acids is 1. The van der Waals surface area contributed by atoms with Crippen molar-refractivity contribution >= 4 is 12.0 Å². The van der Waals surface area contributed by atoms with E-state index < -0.39 is 5.97 Å². The zero-order chi connectivity index (χ0) is 14.6. The number of carbonyl (C=O) groups is 2. The van der Waals surface area contributed by atoms with Crippen molar-refractivity contribution in [2.45, 2.75) is 25.8 Å². The Balaban J connectivity index is 2.41. The second-order valence-electron chi connectivity index (χ2n) is 5.57. The molecule has 1 saturated heterocycles. The molecular formula is C13H25N3O3. The maximum atomic E-state index is 11.8. The number of nitrogens with zero attached hydrogens (tertiary/aromatic N) is 3. The summed E-state index contributed by atoms with van der Waals surface area (Å²) in [6.07, 6.45) is 1.81. The molecule has 0 saturated carbocycles. The van der Waals surface area contributed by atoms with E-state index in [1.165, 1.54) is 0 Å². The third kappa shape index (κ3) is 4.38. The Kier molecular flexibility index (Phi) is 5.60. The van der Waals surface area contributed by atoms with Gasteiger partial charge in [-0.3, -0.25) is 4.79 Å². The Hall–Kier alpha value is -1.30. The average Bonchev–Trinajstić information content (AvgIpc) is 2.37. The summed E-state index contributed by atoms with van der Waals surface area (Å²) in [5, 5.41) is 8.92. The number of carboxylic acids is 1. The van der Waals surface area contributed by atoms with E-state index in [2.05, 4.69) is 4.90 Å². The number of hydrogen-bond acceptors (Lipinski definition) is 3. The van der Waals surface area contributed by atoms with E-state index >= 15 is 0 Å². The molecule has 110 valence electrons. The summed E-state index contributed by atoms with van der Waals surface area (Å²) in [6, 6.07) is 0.424. The van der Waals surface area contributed by atoms with Crippen molar-refractivity contribution in [2.75, 3.05) is 40.8 Å². The lowest BCUT2D eigenvalue weighted by Crippen LogP contribution is -2.49. The van der Waals surface area contributed by atoms with E-state index in [0.717, 1.165) is 25.9 Å². The van der Waals surface area contributed by atoms with Crippen LogP contribution in [-0.2, 0) is 4.79 Å². The molecule has 0 aliphatic carbocycles. The van der Waals surface area contributed by atoms with Gasteiger partial charge < -0.3 is 19.8 Å². The number of carbonyl (C=O) groups excluding carboxylic acids is 1. The summed E-state index contributed by atoms with van der Waals surface area (Å²) in [6.45, 7) is 3.77. The molecule has 0 aromatic carbocycles. The smallest absolute Gasteiger partial charge is 0.319 e. The van der Waals surface area contributed by atoms with Crippen molar-refractivity contribution in [3.05, 3.63) is 0 Å². The van der Waals surface area contributed by atoms with Gasteiger partial charge in [-0.15, -0.1) is 0 Å². The minimum atomic E-state index is -0.757. The molecule has 1 aliphatic heterocycles. The van der Waals surface area contributed by atoms with Crippen molar-refractivity contribution in [3.63, 3.8) is 0 Å². The standard InChI is InChI=1S/C13H25N3O3/c1-10(12(17)18)9-15(4)11-5-7-16(8-6-11)13(19)14(2)3/h10-11H,5-9H2,1-4H3,(H,17,18). The highest BCUT2D eigenvalue weighted by Gasteiger charge is 2.27. The van der Waals surface area contributed by atoms with Crippen LogP contribution < -0.4 is 0 Å². The second-order valence-corrected chi connectivity index (χ2v) is 5.57. The van der Waals surface area contributed by atoms with Crippen LogP contribution >= 0.6 is 0 Å². The Morgan fingerprint density at radius 1 is 1.26 bits per heavy atom. The number of likely N-dealkylation sites (tertiary alicyclic amines) is 1. The molecule has 1 N–H and O–H groups in total. The summed E-state index contributed by atoms with van der Waals surface area (Å²) in [4.78, 5) is 28.2. The monoisotopic (exact) mass is 271 g/mol. The van der Waals surface area contributed by atoms with Crippen molar-refractivity contribution in [3.8, 4) is 0 Å². The van der Waals surface area contributed by atoms with E-state index in [-0.39, 0.29) is 11.9 Å². The molecule has 0 aromatic rings. The first kappa shape index (κ1) is 15.8. The van der Waals surface area contributed by atoms with Crippen LogP contribution in [0.25, 0.3) is 0 Å². The van der Waals surface area contributed by atoms with E-state index in [1.54, 1.807) is 25.9 Å². The number of rotatable bonds is 4. The lowest BCUT2D eigenvalue weighted by molar-refractivity contribution is -0.141. The summed E-state index contributed by atoms with van der Waals surface area (Å²) in [5.41, 5.74) is 0. The predicted octanol–water partition coefficient (Wildman–Crippen LogP) is 0.785. The summed E-state index contributed by atoms with van der Waals surface area (Å²) >= 11 is 0. The van der Waals surface area contributed by atoms with Gasteiger partial charge in [0.05, 0.1) is 5.92 Å². The average molecular weight is 271 g/mol. The fraction of sp³-hybridized carbons (Fsp3) is 0.846. The largest absolute Gasteiger partial charge is 0.481 e. The highest BCUT2D eigenvalue weighted by atomic mass is 16.4. The van der Waals surface area contributed by atoms with Crippen molar-refractivity contribution in [2.24, 2.45) is 5.92 Å². The fourth-order valence-corrected chi connectivity index (χ4v) is 2.44. The molecule has 19 heavy (non-hydrogen) atoms. The maximum absolute atomic E-state index is 11.8. The van der Waals surface area contributed by atoms with Crippen LogP contribution in [0.15, 0.2) is 0 Å². The molecule has 1 atom stereocenters. The molecule has 0 spiro atoms. The first-order valence-electron chi connectivity index (χ1n) is 6.72. The van der Waals surface area contributed by atoms with Crippen molar-refractivity contribution in [1.29, 1.82) is 0 Å². The summed E-state index contributed by atoms with van der Waals surface area (Å²) in [7, 11) is 5.48. The molecule has 6 heteroatoms. The molecule has 0 bridgehead atoms. The van der Waals surface area contributed by atoms with E-state index in [9.17, 15) is 9.59 Å². The third-order valence-electron chi connectivity index (χ3n) is 3.72. The van der Waals surface area contributed by atoms with Gasteiger partial charge in [0.15, 0.2) is 0 Å². The first-order valence-corrected chi connectivity index (χ1v) is 6.72. The minimum Gasteiger partial charge on any atom is -0.481 e. The van der Waals surface area contributed by atoms with E-state index in [1.807, 2.05) is 11.9 Å². The summed E-state index contributed by atoms with van der Waals surface area (Å²) < 4.78 is 0. The summed E-state index contributed by atoms with van der Waals surface area (Å²) in [5.74, 6) is -1.11. The molecule has 1 rings (SSSR count). The van der Waals surface area contributed by atoms with Gasteiger partial charge in [0.1, 0.15) is 0 Å². The van der Waals surface area contributed by atoms with E-state index in [0.29, 0.717) is 12.6 Å². The quantitative estimate of drug-likeness (QED) is 0.821. The van der Waals surface area contributed by atoms with Crippen LogP contribution in [0, 0.1) is 5.92 Å². The topological polar surface area (TPSA) is 64.1 Å². The second kappa shape index (κ2) is 6.75. The van der Waals surface area contributed by atoms with Crippen LogP contribution in [0.2, 0.25) is 0 Å². The van der Waals surface area contributed by atoms with E-state index in [4.69, 9.17) is 5.11 Å². The zero-order valence-corrected chi connectivity index (χ0v) is 12.3. The number of carboxylic acid groups (broad SMARTS) is 1. The molecular weight excluding hydrogens is 246 g/mol. The SMILES string of the molecule is CC(CN(C)C1CCN(C(=O)N(C)C)CC1)C(=O)O. The maximum Gasteiger partial charge on any atom is 0.319 e. The molecule has 6 nitrogen and oxygen atoms in total. The highest BCUT2D eigenvalue weighted by molar-refractivity contribution is 5.73. The third-order valence-corrected chi connectivity index (χ3v) is 3.72. The zero-order valence-electron chi connectivity index (χ0n) is 12.3. The minimum absolute atomic E-state index is 0.0556. The van der Waals surface area contributed by atoms with Gasteiger partial charge in [-0.25, -0.2) is 4.79 Å². The normalized spacial score (nSPS) is 18.5. The van der Waals surface area contributed by atoms with Crippen LogP contribution in [0.5, 0.6) is 0 Å². The molecule has 0 aromatic heterocycles. The van der Waals surface area contributed by atoms with Crippen LogP contribution in [0.1, 0.15) is 19.8 Å². The predicted molar refractivity (Wildman–Crippen MR) is 73.1 cm³/mol. The van der Waals surface area contributed by atoms with Gasteiger partial charge in [-0.05, 0) is 19.9 Å². The number of hydrogen-bond donors (Lipinski definition) is 1. The molecule has 1 unspecified atom stereocenters. The van der Waals surface area contributed by atoms with Gasteiger partial charge in [0.25, 0.3) is 0 Å². The van der Waals surface area contributed by atoms with Crippen LogP contribution in [0.4, 0.5) is 4.79 Å². The molecule has 1 heterocycles. The molecule has 1 fully saturated rings. The highest BCUT2D eigenvalue weighted by Crippen LogP contribution is 2.17. The lowest BCUT2D eigenvalue weighted by atomic mass is 10.0. The van der Waals surface area contributed by atoms with Gasteiger partial charge in [-0.1, -0.05) is 6.92 Å².